The van der Waals surface area contributed by atoms with Gasteiger partial charge >= 0.3 is 0 Å². The molecular formula is C30H41N7O2. The maximum Gasteiger partial charge on any atom is 0.231 e. The van der Waals surface area contributed by atoms with E-state index in [0.717, 1.165) is 41.9 Å². The van der Waals surface area contributed by atoms with Gasteiger partial charge in [0.25, 0.3) is 0 Å². The van der Waals surface area contributed by atoms with Crippen LogP contribution in [0.2, 0.25) is 0 Å². The fourth-order valence-electron chi connectivity index (χ4n) is 5.27. The summed E-state index contributed by atoms with van der Waals surface area (Å²) in [4.78, 5) is 4.47. The fourth-order valence-corrected chi connectivity index (χ4v) is 5.27. The summed E-state index contributed by atoms with van der Waals surface area (Å²) in [7, 11) is 3.88. The molecule has 0 aromatic heterocycles. The van der Waals surface area contributed by atoms with Crippen LogP contribution in [0.4, 0.5) is 0 Å². The van der Waals surface area contributed by atoms with Crippen molar-refractivity contribution < 1.29 is 9.47 Å². The highest BCUT2D eigenvalue weighted by Crippen LogP contribution is 2.36. The second-order valence-electron chi connectivity index (χ2n) is 10.3. The number of nitrogens with one attached hydrogen (secondary N) is 1. The van der Waals surface area contributed by atoms with Crippen molar-refractivity contribution in [2.75, 3.05) is 27.4 Å². The van der Waals surface area contributed by atoms with Crippen molar-refractivity contribution in [1.82, 2.24) is 10.4 Å². The van der Waals surface area contributed by atoms with Gasteiger partial charge in [-0.05, 0) is 48.1 Å². The smallest absolute Gasteiger partial charge is 0.231 e. The van der Waals surface area contributed by atoms with Crippen molar-refractivity contribution in [2.24, 2.45) is 38.2 Å². The zero-order valence-electron chi connectivity index (χ0n) is 23.3. The maximum absolute atomic E-state index is 5.55. The van der Waals surface area contributed by atoms with Crippen LogP contribution in [0, 0.1) is 11.8 Å². The SMILES string of the molecule is CN=C/C(=C(/C1CCCCCC1)N(C)/N=C\C(C)CN/N=N\N)c1ccc(Cc2ccc3c(c2)OCO3)cc1. The number of hydrazone groups is 1. The Hall–Kier alpha value is -3.88. The van der Waals surface area contributed by atoms with Crippen molar-refractivity contribution >= 4 is 18.0 Å². The van der Waals surface area contributed by atoms with Gasteiger partial charge in [-0.3, -0.25) is 15.4 Å². The van der Waals surface area contributed by atoms with Crippen LogP contribution in [-0.2, 0) is 6.42 Å². The first kappa shape index (κ1) is 28.1. The van der Waals surface area contributed by atoms with Gasteiger partial charge < -0.3 is 15.3 Å². The largest absolute Gasteiger partial charge is 0.454 e. The maximum atomic E-state index is 5.55. The van der Waals surface area contributed by atoms with Crippen LogP contribution in [0.15, 0.2) is 68.7 Å². The van der Waals surface area contributed by atoms with Crippen LogP contribution in [-0.4, -0.2) is 44.9 Å². The van der Waals surface area contributed by atoms with Crippen molar-refractivity contribution in [3.63, 3.8) is 0 Å². The summed E-state index contributed by atoms with van der Waals surface area (Å²) in [6.07, 6.45) is 12.1. The molecule has 208 valence electrons. The highest BCUT2D eigenvalue weighted by atomic mass is 16.7. The molecule has 4 rings (SSSR count). The molecule has 2 aromatic rings. The third-order valence-electron chi connectivity index (χ3n) is 7.27. The van der Waals surface area contributed by atoms with Crippen LogP contribution >= 0.6 is 0 Å². The number of allylic oxidation sites excluding steroid dienone is 2. The van der Waals surface area contributed by atoms with Crippen LogP contribution < -0.4 is 20.7 Å². The Kier molecular flexibility index (Phi) is 10.3. The van der Waals surface area contributed by atoms with E-state index in [1.165, 1.54) is 42.5 Å². The molecule has 1 aliphatic heterocycles. The van der Waals surface area contributed by atoms with Crippen LogP contribution in [0.25, 0.3) is 5.57 Å². The number of fused-ring (bicyclic) bond motifs is 1. The van der Waals surface area contributed by atoms with Crippen LogP contribution in [0.3, 0.4) is 0 Å². The van der Waals surface area contributed by atoms with Crippen molar-refractivity contribution in [1.29, 1.82) is 0 Å². The lowest BCUT2D eigenvalue weighted by Crippen LogP contribution is -2.23. The number of hydrogen-bond acceptors (Lipinski definition) is 7. The van der Waals surface area contributed by atoms with Gasteiger partial charge in [-0.1, -0.05) is 73.4 Å². The summed E-state index contributed by atoms with van der Waals surface area (Å²) >= 11 is 0. The van der Waals surface area contributed by atoms with E-state index in [1.807, 2.05) is 32.6 Å². The molecule has 1 unspecified atom stereocenters. The zero-order valence-corrected chi connectivity index (χ0v) is 23.3. The second kappa shape index (κ2) is 14.3. The molecule has 1 atom stereocenters. The van der Waals surface area contributed by atoms with Gasteiger partial charge in [0.15, 0.2) is 11.5 Å². The normalized spacial score (nSPS) is 17.5. The molecule has 3 N–H and O–H groups in total. The first-order valence-corrected chi connectivity index (χ1v) is 13.8. The number of benzene rings is 2. The molecule has 2 aromatic carbocycles. The van der Waals surface area contributed by atoms with Crippen LogP contribution in [0.1, 0.15) is 62.1 Å². The van der Waals surface area contributed by atoms with Crippen molar-refractivity contribution in [2.45, 2.75) is 51.9 Å². The quantitative estimate of drug-likeness (QED) is 0.126. The predicted molar refractivity (Wildman–Crippen MR) is 157 cm³/mol. The number of ether oxygens (including phenoxy) is 2. The Labute approximate surface area is 231 Å². The van der Waals surface area contributed by atoms with Gasteiger partial charge in [0.2, 0.25) is 6.79 Å². The Morgan fingerprint density at radius 1 is 1.05 bits per heavy atom. The standard InChI is InChI=1S/C30H41N7O2/c1-22(18-33-36-35-31)19-34-37(3)30(26-8-6-4-5-7-9-26)27(20-32-2)25-13-10-23(11-14-25)16-24-12-15-28-29(17-24)39-21-38-28/h10-15,17,19-20,22,26H,4-9,16,18,21H2,1-3H3,(H2,31,36)(H,33,35)/b30-27+,32-20?,34-19-. The van der Waals surface area contributed by atoms with E-state index in [2.05, 4.69) is 69.2 Å². The Morgan fingerprint density at radius 3 is 2.49 bits per heavy atom. The number of hydrogen-bond donors (Lipinski definition) is 2. The van der Waals surface area contributed by atoms with E-state index >= 15 is 0 Å². The summed E-state index contributed by atoms with van der Waals surface area (Å²) in [5.41, 5.74) is 8.78. The number of nitrogens with zero attached hydrogens (tertiary/aromatic N) is 5. The first-order valence-electron chi connectivity index (χ1n) is 13.8. The lowest BCUT2D eigenvalue weighted by Gasteiger charge is -2.28. The fraction of sp³-hybridized carbons (Fsp3) is 0.467. The van der Waals surface area contributed by atoms with E-state index in [9.17, 15) is 0 Å². The molecule has 0 saturated heterocycles. The van der Waals surface area contributed by atoms with Crippen molar-refractivity contribution in [3.05, 3.63) is 64.9 Å². The second-order valence-corrected chi connectivity index (χ2v) is 10.3. The van der Waals surface area contributed by atoms with E-state index in [1.54, 1.807) is 0 Å². The highest BCUT2D eigenvalue weighted by Gasteiger charge is 2.24. The summed E-state index contributed by atoms with van der Waals surface area (Å²) in [6, 6.07) is 15.0. The topological polar surface area (TPSA) is 109 Å². The van der Waals surface area contributed by atoms with Gasteiger partial charge in [0.05, 0.1) is 0 Å². The number of nitrogens with two attached hydrogens (primary N) is 1. The monoisotopic (exact) mass is 531 g/mol. The molecule has 39 heavy (non-hydrogen) atoms. The third kappa shape index (κ3) is 7.81. The molecule has 1 saturated carbocycles. The van der Waals surface area contributed by atoms with Crippen molar-refractivity contribution in [3.8, 4) is 11.5 Å². The molecule has 0 amide bonds. The Morgan fingerprint density at radius 2 is 1.77 bits per heavy atom. The predicted octanol–water partition coefficient (Wildman–Crippen LogP) is 5.77. The summed E-state index contributed by atoms with van der Waals surface area (Å²) in [6.45, 7) is 2.98. The van der Waals surface area contributed by atoms with E-state index in [-0.39, 0.29) is 5.92 Å². The lowest BCUT2D eigenvalue weighted by atomic mass is 9.90. The summed E-state index contributed by atoms with van der Waals surface area (Å²) in [5, 5.41) is 13.8. The molecule has 9 nitrogen and oxygen atoms in total. The molecule has 1 heterocycles. The average Bonchev–Trinajstić information content (AvgIpc) is 3.25. The average molecular weight is 532 g/mol. The molecule has 1 aliphatic carbocycles. The number of rotatable bonds is 11. The minimum Gasteiger partial charge on any atom is -0.454 e. The molecular weight excluding hydrogens is 490 g/mol. The molecule has 0 radical (unpaired) electrons. The van der Waals surface area contributed by atoms with Gasteiger partial charge in [0, 0.05) is 56.2 Å². The van der Waals surface area contributed by atoms with Gasteiger partial charge in [-0.15, -0.1) is 0 Å². The highest BCUT2D eigenvalue weighted by molar-refractivity contribution is 6.11. The van der Waals surface area contributed by atoms with Crippen LogP contribution in [0.5, 0.6) is 11.5 Å². The summed E-state index contributed by atoms with van der Waals surface area (Å²) < 4.78 is 11.0. The van der Waals surface area contributed by atoms with Gasteiger partial charge in [-0.25, -0.2) is 0 Å². The zero-order chi connectivity index (χ0) is 27.5. The van der Waals surface area contributed by atoms with Gasteiger partial charge in [0.1, 0.15) is 0 Å². The van der Waals surface area contributed by atoms with E-state index in [0.29, 0.717) is 19.3 Å². The molecule has 1 fully saturated rings. The molecule has 0 spiro atoms. The molecule has 9 heteroatoms. The minimum absolute atomic E-state index is 0.159. The summed E-state index contributed by atoms with van der Waals surface area (Å²) in [5.74, 6) is 7.30. The lowest BCUT2D eigenvalue weighted by molar-refractivity contribution is 0.174. The Balaban J connectivity index is 1.61. The Bertz CT molecular complexity index is 1180. The first-order chi connectivity index (χ1) is 19.1. The molecule has 2 aliphatic rings. The molecule has 0 bridgehead atoms. The third-order valence-corrected chi connectivity index (χ3v) is 7.27. The number of aliphatic imine (C=N–C) groups is 1. The van der Waals surface area contributed by atoms with E-state index < -0.39 is 0 Å². The van der Waals surface area contributed by atoms with E-state index in [4.69, 9.17) is 20.4 Å². The van der Waals surface area contributed by atoms with Gasteiger partial charge in [-0.2, -0.15) is 5.10 Å². The minimum atomic E-state index is 0.159.